The van der Waals surface area contributed by atoms with Crippen molar-refractivity contribution in [2.75, 3.05) is 25.4 Å². The molecule has 0 aromatic heterocycles. The summed E-state index contributed by atoms with van der Waals surface area (Å²) in [5, 5.41) is 21.2. The third-order valence-electron chi connectivity index (χ3n) is 2.26. The Hall–Kier alpha value is -1.26. The maximum Gasteiger partial charge on any atom is 0.120 e. The first-order chi connectivity index (χ1) is 7.25. The van der Waals surface area contributed by atoms with Gasteiger partial charge in [-0.25, -0.2) is 0 Å². The molecule has 0 bridgehead atoms. The van der Waals surface area contributed by atoms with Gasteiger partial charge < -0.3 is 21.3 Å². The summed E-state index contributed by atoms with van der Waals surface area (Å²) in [5.41, 5.74) is 7.19. The van der Waals surface area contributed by atoms with Crippen molar-refractivity contribution in [2.45, 2.75) is 12.8 Å². The van der Waals surface area contributed by atoms with E-state index in [9.17, 15) is 5.11 Å². The van der Waals surface area contributed by atoms with Crippen LogP contribution in [0.3, 0.4) is 0 Å². The zero-order valence-electron chi connectivity index (χ0n) is 8.74. The molecule has 0 aliphatic heterocycles. The van der Waals surface area contributed by atoms with Gasteiger partial charge in [-0.1, -0.05) is 6.07 Å². The zero-order valence-corrected chi connectivity index (χ0v) is 8.74. The van der Waals surface area contributed by atoms with E-state index >= 15 is 0 Å². The normalized spacial score (nSPS) is 10.5. The molecule has 0 atom stereocenters. The minimum absolute atomic E-state index is 0.152. The van der Waals surface area contributed by atoms with Crippen LogP contribution in [0.15, 0.2) is 18.2 Å². The average molecular weight is 210 g/mol. The van der Waals surface area contributed by atoms with Crippen LogP contribution in [-0.4, -0.2) is 29.9 Å². The number of phenols is 1. The van der Waals surface area contributed by atoms with Crippen molar-refractivity contribution in [3.63, 3.8) is 0 Å². The molecule has 0 fully saturated rings. The molecular formula is C11H18N2O2. The van der Waals surface area contributed by atoms with Gasteiger partial charge in [0.05, 0.1) is 6.61 Å². The molecule has 4 nitrogen and oxygen atoms in total. The van der Waals surface area contributed by atoms with Crippen molar-refractivity contribution in [1.29, 1.82) is 0 Å². The summed E-state index contributed by atoms with van der Waals surface area (Å²) in [6.07, 6.45) is 1.64. The minimum atomic E-state index is 0.152. The number of nitrogens with one attached hydrogen (secondary N) is 1. The molecule has 0 aliphatic carbocycles. The lowest BCUT2D eigenvalue weighted by atomic mass is 10.1. The van der Waals surface area contributed by atoms with Gasteiger partial charge in [-0.2, -0.15) is 0 Å². The van der Waals surface area contributed by atoms with Crippen molar-refractivity contribution in [3.8, 4) is 5.75 Å². The number of rotatable bonds is 6. The van der Waals surface area contributed by atoms with Gasteiger partial charge >= 0.3 is 0 Å². The number of hydrogen-bond donors (Lipinski definition) is 4. The average Bonchev–Trinajstić information content (AvgIpc) is 2.21. The maximum atomic E-state index is 9.55. The fourth-order valence-electron chi connectivity index (χ4n) is 1.46. The van der Waals surface area contributed by atoms with Gasteiger partial charge in [0, 0.05) is 17.8 Å². The summed E-state index contributed by atoms with van der Waals surface area (Å²) in [6, 6.07) is 5.17. The van der Waals surface area contributed by atoms with E-state index in [1.165, 1.54) is 0 Å². The SMILES string of the molecule is Nc1cccc(O)c1CCCNCCO. The Bertz CT molecular complexity index is 282. The molecule has 0 radical (unpaired) electrons. The molecule has 0 unspecified atom stereocenters. The lowest BCUT2D eigenvalue weighted by Crippen LogP contribution is -2.19. The lowest BCUT2D eigenvalue weighted by Gasteiger charge is -2.08. The number of nitrogen functional groups attached to an aromatic ring is 1. The van der Waals surface area contributed by atoms with Crippen molar-refractivity contribution < 1.29 is 10.2 Å². The molecule has 0 aliphatic rings. The van der Waals surface area contributed by atoms with E-state index < -0.39 is 0 Å². The van der Waals surface area contributed by atoms with Gasteiger partial charge in [0.1, 0.15) is 5.75 Å². The Labute approximate surface area is 89.7 Å². The highest BCUT2D eigenvalue weighted by atomic mass is 16.3. The topological polar surface area (TPSA) is 78.5 Å². The Kier molecular flexibility index (Phi) is 4.93. The third kappa shape index (κ3) is 3.77. The van der Waals surface area contributed by atoms with Crippen molar-refractivity contribution >= 4 is 5.69 Å². The minimum Gasteiger partial charge on any atom is -0.508 e. The predicted molar refractivity (Wildman–Crippen MR) is 60.8 cm³/mol. The van der Waals surface area contributed by atoms with Crippen LogP contribution in [0.4, 0.5) is 5.69 Å². The van der Waals surface area contributed by atoms with Gasteiger partial charge in [0.25, 0.3) is 0 Å². The Morgan fingerprint density at radius 1 is 1.27 bits per heavy atom. The standard InChI is InChI=1S/C11H18N2O2/c12-10-4-1-5-11(15)9(10)3-2-6-13-7-8-14/h1,4-5,13-15H,2-3,6-8,12H2. The number of nitrogens with two attached hydrogens (primary N) is 1. The molecule has 5 N–H and O–H groups in total. The molecule has 0 saturated carbocycles. The fourth-order valence-corrected chi connectivity index (χ4v) is 1.46. The van der Waals surface area contributed by atoms with Crippen molar-refractivity contribution in [3.05, 3.63) is 23.8 Å². The summed E-state index contributed by atoms with van der Waals surface area (Å²) in [4.78, 5) is 0. The van der Waals surface area contributed by atoms with Gasteiger partial charge in [-0.05, 0) is 31.5 Å². The molecule has 15 heavy (non-hydrogen) atoms. The van der Waals surface area contributed by atoms with Gasteiger partial charge in [-0.15, -0.1) is 0 Å². The first kappa shape index (κ1) is 11.8. The van der Waals surface area contributed by atoms with Crippen LogP contribution >= 0.6 is 0 Å². The number of phenolic OH excluding ortho intramolecular Hbond substituents is 1. The number of aliphatic hydroxyl groups excluding tert-OH is 1. The molecule has 0 heterocycles. The highest BCUT2D eigenvalue weighted by Crippen LogP contribution is 2.23. The highest BCUT2D eigenvalue weighted by Gasteiger charge is 2.03. The predicted octanol–water partition coefficient (Wildman–Crippen LogP) is 0.489. The van der Waals surface area contributed by atoms with E-state index in [2.05, 4.69) is 5.32 Å². The second kappa shape index (κ2) is 6.27. The first-order valence-corrected chi connectivity index (χ1v) is 5.13. The summed E-state index contributed by atoms with van der Waals surface area (Å²) in [5.74, 6) is 0.261. The van der Waals surface area contributed by atoms with Crippen LogP contribution < -0.4 is 11.1 Å². The monoisotopic (exact) mass is 210 g/mol. The van der Waals surface area contributed by atoms with E-state index in [4.69, 9.17) is 10.8 Å². The lowest BCUT2D eigenvalue weighted by molar-refractivity contribution is 0.292. The summed E-state index contributed by atoms with van der Waals surface area (Å²) >= 11 is 0. The molecular weight excluding hydrogens is 192 g/mol. The number of benzene rings is 1. The van der Waals surface area contributed by atoms with E-state index in [0.717, 1.165) is 24.9 Å². The Morgan fingerprint density at radius 3 is 2.73 bits per heavy atom. The van der Waals surface area contributed by atoms with E-state index in [1.54, 1.807) is 18.2 Å². The summed E-state index contributed by atoms with van der Waals surface area (Å²) < 4.78 is 0. The molecule has 4 heteroatoms. The van der Waals surface area contributed by atoms with Crippen LogP contribution in [0.2, 0.25) is 0 Å². The molecule has 1 aromatic rings. The number of anilines is 1. The molecule has 84 valence electrons. The van der Waals surface area contributed by atoms with Crippen LogP contribution in [0.1, 0.15) is 12.0 Å². The van der Waals surface area contributed by atoms with Gasteiger partial charge in [0.2, 0.25) is 0 Å². The molecule has 1 rings (SSSR count). The highest BCUT2D eigenvalue weighted by molar-refractivity contribution is 5.53. The second-order valence-corrected chi connectivity index (χ2v) is 3.42. The zero-order chi connectivity index (χ0) is 11.1. The summed E-state index contributed by atoms with van der Waals surface area (Å²) in [6.45, 7) is 1.57. The quantitative estimate of drug-likeness (QED) is 0.407. The van der Waals surface area contributed by atoms with Gasteiger partial charge in [0.15, 0.2) is 0 Å². The first-order valence-electron chi connectivity index (χ1n) is 5.13. The molecule has 0 amide bonds. The van der Waals surface area contributed by atoms with Crippen molar-refractivity contribution in [1.82, 2.24) is 5.32 Å². The third-order valence-corrected chi connectivity index (χ3v) is 2.26. The van der Waals surface area contributed by atoms with Crippen molar-refractivity contribution in [2.24, 2.45) is 0 Å². The smallest absolute Gasteiger partial charge is 0.120 e. The number of hydrogen-bond acceptors (Lipinski definition) is 4. The molecule has 1 aromatic carbocycles. The largest absolute Gasteiger partial charge is 0.508 e. The van der Waals surface area contributed by atoms with Crippen LogP contribution in [0, 0.1) is 0 Å². The molecule has 0 saturated heterocycles. The van der Waals surface area contributed by atoms with Crippen LogP contribution in [0.25, 0.3) is 0 Å². The fraction of sp³-hybridized carbons (Fsp3) is 0.455. The Morgan fingerprint density at radius 2 is 2.07 bits per heavy atom. The van der Waals surface area contributed by atoms with Crippen LogP contribution in [-0.2, 0) is 6.42 Å². The number of aliphatic hydroxyl groups is 1. The molecule has 0 spiro atoms. The summed E-state index contributed by atoms with van der Waals surface area (Å²) in [7, 11) is 0. The maximum absolute atomic E-state index is 9.55. The number of aromatic hydroxyl groups is 1. The Balaban J connectivity index is 2.37. The second-order valence-electron chi connectivity index (χ2n) is 3.42. The van der Waals surface area contributed by atoms with E-state index in [1.807, 2.05) is 0 Å². The van der Waals surface area contributed by atoms with E-state index in [-0.39, 0.29) is 12.4 Å². The van der Waals surface area contributed by atoms with Crippen LogP contribution in [0.5, 0.6) is 5.75 Å². The van der Waals surface area contributed by atoms with Gasteiger partial charge in [-0.3, -0.25) is 0 Å². The van der Waals surface area contributed by atoms with E-state index in [0.29, 0.717) is 12.2 Å².